The van der Waals surface area contributed by atoms with Gasteiger partial charge in [0.1, 0.15) is 5.76 Å². The molecule has 0 radical (unpaired) electrons. The van der Waals surface area contributed by atoms with Crippen LogP contribution >= 0.6 is 0 Å². The number of nitrogens with one attached hydrogen (secondary N) is 1. The number of nitrogens with zero attached hydrogens (tertiary/aromatic N) is 2. The van der Waals surface area contributed by atoms with Crippen LogP contribution in [0, 0.1) is 0 Å². The molecule has 2 heterocycles. The van der Waals surface area contributed by atoms with E-state index in [4.69, 9.17) is 4.42 Å². The molecular formula is C27H33N3O2. The number of benzene rings is 2. The zero-order valence-electron chi connectivity index (χ0n) is 19.5. The lowest BCUT2D eigenvalue weighted by atomic mass is 10.1. The van der Waals surface area contributed by atoms with E-state index < -0.39 is 0 Å². The number of carbonyl (C=O) groups excluding carboxylic acids is 1. The highest BCUT2D eigenvalue weighted by Crippen LogP contribution is 2.33. The van der Waals surface area contributed by atoms with Gasteiger partial charge in [0.05, 0.1) is 18.4 Å². The van der Waals surface area contributed by atoms with Crippen LogP contribution in [0.2, 0.25) is 0 Å². The fraction of sp³-hybridized carbons (Fsp3) is 0.370. The highest BCUT2D eigenvalue weighted by atomic mass is 16.3. The summed E-state index contributed by atoms with van der Waals surface area (Å²) in [5.74, 6) is 0.611. The SMILES string of the molecule is CC(C)N(C)Cc1ccccc1CNC(=O)c1ccoc1CN1c2ccccc2CC1C. The van der Waals surface area contributed by atoms with Gasteiger partial charge in [-0.15, -0.1) is 0 Å². The van der Waals surface area contributed by atoms with Crippen LogP contribution in [0.5, 0.6) is 0 Å². The molecule has 4 rings (SSSR count). The summed E-state index contributed by atoms with van der Waals surface area (Å²) >= 11 is 0. The predicted octanol–water partition coefficient (Wildman–Crippen LogP) is 5.00. The minimum Gasteiger partial charge on any atom is -0.467 e. The summed E-state index contributed by atoms with van der Waals surface area (Å²) < 4.78 is 5.76. The first-order chi connectivity index (χ1) is 15.4. The molecule has 0 spiro atoms. The molecule has 5 heteroatoms. The number of hydrogen-bond donors (Lipinski definition) is 1. The van der Waals surface area contributed by atoms with Crippen molar-refractivity contribution in [3.8, 4) is 0 Å². The molecule has 0 saturated heterocycles. The van der Waals surface area contributed by atoms with E-state index in [1.807, 2.05) is 6.07 Å². The molecule has 5 nitrogen and oxygen atoms in total. The van der Waals surface area contributed by atoms with Gasteiger partial charge in [0, 0.05) is 30.9 Å². The third-order valence-corrected chi connectivity index (χ3v) is 6.51. The molecule has 1 aliphatic rings. The molecule has 1 amide bonds. The predicted molar refractivity (Wildman–Crippen MR) is 129 cm³/mol. The molecule has 32 heavy (non-hydrogen) atoms. The Hall–Kier alpha value is -3.05. The van der Waals surface area contributed by atoms with Crippen LogP contribution in [0.25, 0.3) is 0 Å². The maximum atomic E-state index is 13.0. The monoisotopic (exact) mass is 431 g/mol. The van der Waals surface area contributed by atoms with Crippen LogP contribution in [0.3, 0.4) is 0 Å². The summed E-state index contributed by atoms with van der Waals surface area (Å²) in [5.41, 5.74) is 5.56. The highest BCUT2D eigenvalue weighted by molar-refractivity contribution is 5.95. The first-order valence-corrected chi connectivity index (χ1v) is 11.4. The summed E-state index contributed by atoms with van der Waals surface area (Å²) in [5, 5.41) is 3.10. The largest absolute Gasteiger partial charge is 0.467 e. The molecule has 1 aliphatic heterocycles. The Morgan fingerprint density at radius 2 is 1.84 bits per heavy atom. The molecule has 1 unspecified atom stereocenters. The van der Waals surface area contributed by atoms with E-state index in [-0.39, 0.29) is 5.91 Å². The van der Waals surface area contributed by atoms with Crippen LogP contribution < -0.4 is 10.2 Å². The van der Waals surface area contributed by atoms with Crippen molar-refractivity contribution >= 4 is 11.6 Å². The second kappa shape index (κ2) is 9.61. The van der Waals surface area contributed by atoms with Crippen molar-refractivity contribution in [3.63, 3.8) is 0 Å². The quantitative estimate of drug-likeness (QED) is 0.545. The summed E-state index contributed by atoms with van der Waals surface area (Å²) in [6.45, 7) is 8.52. The highest BCUT2D eigenvalue weighted by Gasteiger charge is 2.28. The molecule has 0 fully saturated rings. The van der Waals surface area contributed by atoms with Gasteiger partial charge in [0.15, 0.2) is 0 Å². The van der Waals surface area contributed by atoms with E-state index in [1.165, 1.54) is 16.8 Å². The van der Waals surface area contributed by atoms with Gasteiger partial charge < -0.3 is 14.6 Å². The summed E-state index contributed by atoms with van der Waals surface area (Å²) in [6.07, 6.45) is 2.63. The molecular weight excluding hydrogens is 398 g/mol. The van der Waals surface area contributed by atoms with E-state index >= 15 is 0 Å². The van der Waals surface area contributed by atoms with E-state index in [9.17, 15) is 4.79 Å². The van der Waals surface area contributed by atoms with Gasteiger partial charge in [-0.1, -0.05) is 42.5 Å². The number of carbonyl (C=O) groups is 1. The molecule has 2 aromatic carbocycles. The fourth-order valence-corrected chi connectivity index (χ4v) is 4.30. The van der Waals surface area contributed by atoms with Crippen LogP contribution in [0.1, 0.15) is 53.6 Å². The van der Waals surface area contributed by atoms with E-state index in [0.717, 1.165) is 18.5 Å². The molecule has 0 saturated carbocycles. The molecule has 3 aromatic rings. The third-order valence-electron chi connectivity index (χ3n) is 6.51. The van der Waals surface area contributed by atoms with Crippen LogP contribution in [-0.4, -0.2) is 29.9 Å². The molecule has 0 bridgehead atoms. The van der Waals surface area contributed by atoms with Gasteiger partial charge in [0.25, 0.3) is 5.91 Å². The lowest BCUT2D eigenvalue weighted by Gasteiger charge is -2.24. The average molecular weight is 432 g/mol. The number of hydrogen-bond acceptors (Lipinski definition) is 4. The Morgan fingerprint density at radius 3 is 2.62 bits per heavy atom. The second-order valence-electron chi connectivity index (χ2n) is 9.03. The Labute approximate surface area is 191 Å². The first kappa shape index (κ1) is 22.2. The smallest absolute Gasteiger partial charge is 0.255 e. The Morgan fingerprint density at radius 1 is 1.12 bits per heavy atom. The van der Waals surface area contributed by atoms with Crippen molar-refractivity contribution < 1.29 is 9.21 Å². The molecule has 168 valence electrons. The molecule has 1 N–H and O–H groups in total. The van der Waals surface area contributed by atoms with Crippen LogP contribution in [-0.2, 0) is 26.1 Å². The van der Waals surface area contributed by atoms with Crippen LogP contribution in [0.4, 0.5) is 5.69 Å². The Balaban J connectivity index is 1.44. The van der Waals surface area contributed by atoms with E-state index in [2.05, 4.69) is 85.4 Å². The van der Waals surface area contributed by atoms with Gasteiger partial charge in [-0.3, -0.25) is 9.69 Å². The molecule has 0 aliphatic carbocycles. The zero-order chi connectivity index (χ0) is 22.7. The van der Waals surface area contributed by atoms with E-state index in [0.29, 0.717) is 36.5 Å². The number of fused-ring (bicyclic) bond motifs is 1. The zero-order valence-corrected chi connectivity index (χ0v) is 19.5. The van der Waals surface area contributed by atoms with Crippen molar-refractivity contribution in [1.82, 2.24) is 10.2 Å². The van der Waals surface area contributed by atoms with Crippen LogP contribution in [0.15, 0.2) is 65.3 Å². The molecule has 1 aromatic heterocycles. The number of para-hydroxylation sites is 1. The average Bonchev–Trinajstić information content (AvgIpc) is 3.37. The normalized spacial score (nSPS) is 15.4. The summed E-state index contributed by atoms with van der Waals surface area (Å²) in [7, 11) is 2.12. The van der Waals surface area contributed by atoms with Crippen molar-refractivity contribution in [3.05, 3.63) is 88.9 Å². The first-order valence-electron chi connectivity index (χ1n) is 11.4. The van der Waals surface area contributed by atoms with Crippen molar-refractivity contribution in [2.75, 3.05) is 11.9 Å². The van der Waals surface area contributed by atoms with Crippen molar-refractivity contribution in [2.24, 2.45) is 0 Å². The fourth-order valence-electron chi connectivity index (χ4n) is 4.30. The van der Waals surface area contributed by atoms with Gasteiger partial charge in [0.2, 0.25) is 0 Å². The van der Waals surface area contributed by atoms with Gasteiger partial charge in [-0.05, 0) is 63.1 Å². The van der Waals surface area contributed by atoms with Crippen molar-refractivity contribution in [1.29, 1.82) is 0 Å². The van der Waals surface area contributed by atoms with Gasteiger partial charge >= 0.3 is 0 Å². The number of furan rings is 1. The topological polar surface area (TPSA) is 48.7 Å². The third kappa shape index (κ3) is 4.73. The summed E-state index contributed by atoms with van der Waals surface area (Å²) in [4.78, 5) is 17.7. The summed E-state index contributed by atoms with van der Waals surface area (Å²) in [6, 6.07) is 19.4. The van der Waals surface area contributed by atoms with Gasteiger partial charge in [-0.25, -0.2) is 0 Å². The number of anilines is 1. The maximum absolute atomic E-state index is 13.0. The van der Waals surface area contributed by atoms with Gasteiger partial charge in [-0.2, -0.15) is 0 Å². The Kier molecular flexibility index (Phi) is 6.66. The number of rotatable bonds is 8. The maximum Gasteiger partial charge on any atom is 0.255 e. The second-order valence-corrected chi connectivity index (χ2v) is 9.03. The molecule has 1 atom stereocenters. The lowest BCUT2D eigenvalue weighted by Crippen LogP contribution is -2.30. The standard InChI is InChI=1S/C27H33N3O2/c1-19(2)29(4)17-23-11-6-5-10-22(23)16-28-27(31)24-13-14-32-26(24)18-30-20(3)15-21-9-7-8-12-25(21)30/h5-14,19-20H,15-18H2,1-4H3,(H,28,31). The Bertz CT molecular complexity index is 1070. The minimum absolute atomic E-state index is 0.0964. The lowest BCUT2D eigenvalue weighted by molar-refractivity contribution is 0.0948. The number of amides is 1. The minimum atomic E-state index is -0.0964. The van der Waals surface area contributed by atoms with Crippen molar-refractivity contribution in [2.45, 2.75) is 58.9 Å². The van der Waals surface area contributed by atoms with E-state index in [1.54, 1.807) is 12.3 Å².